The van der Waals surface area contributed by atoms with Crippen LogP contribution in [-0.4, -0.2) is 26.0 Å². The van der Waals surface area contributed by atoms with Crippen molar-refractivity contribution in [2.75, 3.05) is 5.75 Å². The summed E-state index contributed by atoms with van der Waals surface area (Å²) in [5.41, 5.74) is 3.20. The molecule has 0 spiro atoms. The average Bonchev–Trinajstić information content (AvgIpc) is 2.74. The number of benzene rings is 1. The molecule has 1 aromatic heterocycles. The molecule has 0 aliphatic carbocycles. The Kier molecular flexibility index (Phi) is 3.40. The zero-order valence-corrected chi connectivity index (χ0v) is 10.4. The van der Waals surface area contributed by atoms with E-state index < -0.39 is 0 Å². The van der Waals surface area contributed by atoms with E-state index in [0.717, 1.165) is 16.8 Å². The molecule has 0 N–H and O–H groups in total. The first kappa shape index (κ1) is 11.6. The van der Waals surface area contributed by atoms with Gasteiger partial charge in [0.25, 0.3) is 0 Å². The molecule has 5 nitrogen and oxygen atoms in total. The van der Waals surface area contributed by atoms with Crippen LogP contribution in [0.1, 0.15) is 11.1 Å². The van der Waals surface area contributed by atoms with Gasteiger partial charge in [-0.25, -0.2) is 0 Å². The van der Waals surface area contributed by atoms with Crippen LogP contribution in [0, 0.1) is 25.2 Å². The van der Waals surface area contributed by atoms with E-state index >= 15 is 0 Å². The molecule has 17 heavy (non-hydrogen) atoms. The standard InChI is InChI=1S/C11H11N5S/c1-8-4-3-5-9(2)10(8)16-11(13-14-15-16)17-7-6-12/h3-5H,7H2,1-2H3. The van der Waals surface area contributed by atoms with Gasteiger partial charge in [0.15, 0.2) is 0 Å². The summed E-state index contributed by atoms with van der Waals surface area (Å²) in [6.07, 6.45) is 0. The van der Waals surface area contributed by atoms with Crippen LogP contribution in [0.4, 0.5) is 0 Å². The van der Waals surface area contributed by atoms with Crippen molar-refractivity contribution >= 4 is 11.8 Å². The van der Waals surface area contributed by atoms with E-state index in [2.05, 4.69) is 21.6 Å². The lowest BCUT2D eigenvalue weighted by molar-refractivity contribution is 0.747. The third-order valence-electron chi connectivity index (χ3n) is 2.36. The van der Waals surface area contributed by atoms with Gasteiger partial charge in [0.2, 0.25) is 5.16 Å². The number of nitrogens with zero attached hydrogens (tertiary/aromatic N) is 5. The second-order valence-electron chi connectivity index (χ2n) is 3.56. The highest BCUT2D eigenvalue weighted by Crippen LogP contribution is 2.22. The molecule has 1 heterocycles. The molecule has 0 aliphatic rings. The van der Waals surface area contributed by atoms with Gasteiger partial charge in [-0.1, -0.05) is 30.0 Å². The molecule has 2 aromatic rings. The predicted molar refractivity (Wildman–Crippen MR) is 65.0 cm³/mol. The maximum Gasteiger partial charge on any atom is 0.215 e. The fourth-order valence-electron chi connectivity index (χ4n) is 1.65. The van der Waals surface area contributed by atoms with Gasteiger partial charge >= 0.3 is 0 Å². The lowest BCUT2D eigenvalue weighted by atomic mass is 10.1. The average molecular weight is 245 g/mol. The molecule has 0 unspecified atom stereocenters. The monoisotopic (exact) mass is 245 g/mol. The number of hydrogen-bond acceptors (Lipinski definition) is 5. The molecular formula is C11H11N5S. The summed E-state index contributed by atoms with van der Waals surface area (Å²) >= 11 is 1.33. The van der Waals surface area contributed by atoms with Gasteiger partial charge in [0.05, 0.1) is 17.5 Å². The summed E-state index contributed by atoms with van der Waals surface area (Å²) in [4.78, 5) is 0. The number of tetrazole rings is 1. The highest BCUT2D eigenvalue weighted by Gasteiger charge is 2.12. The van der Waals surface area contributed by atoms with Gasteiger partial charge in [0.1, 0.15) is 0 Å². The van der Waals surface area contributed by atoms with Crippen LogP contribution in [0.15, 0.2) is 23.4 Å². The van der Waals surface area contributed by atoms with Crippen molar-refractivity contribution in [1.29, 1.82) is 5.26 Å². The van der Waals surface area contributed by atoms with Crippen LogP contribution in [0.2, 0.25) is 0 Å². The fourth-order valence-corrected chi connectivity index (χ4v) is 2.18. The van der Waals surface area contributed by atoms with Gasteiger partial charge in [-0.05, 0) is 35.4 Å². The van der Waals surface area contributed by atoms with E-state index in [-0.39, 0.29) is 0 Å². The summed E-state index contributed by atoms with van der Waals surface area (Å²) in [7, 11) is 0. The molecule has 0 amide bonds. The van der Waals surface area contributed by atoms with Crippen molar-refractivity contribution in [3.8, 4) is 11.8 Å². The summed E-state index contributed by atoms with van der Waals surface area (Å²) in [5, 5.41) is 20.8. The minimum Gasteiger partial charge on any atom is -0.197 e. The quantitative estimate of drug-likeness (QED) is 0.772. The second kappa shape index (κ2) is 4.97. The first-order valence-corrected chi connectivity index (χ1v) is 6.07. The maximum absolute atomic E-state index is 8.59. The van der Waals surface area contributed by atoms with Crippen molar-refractivity contribution in [3.05, 3.63) is 29.3 Å². The maximum atomic E-state index is 8.59. The number of para-hydroxylation sites is 1. The van der Waals surface area contributed by atoms with Crippen molar-refractivity contribution in [2.45, 2.75) is 19.0 Å². The molecule has 0 saturated heterocycles. The third kappa shape index (κ3) is 2.29. The van der Waals surface area contributed by atoms with Gasteiger partial charge in [-0.2, -0.15) is 9.94 Å². The molecule has 0 atom stereocenters. The minimum absolute atomic E-state index is 0.339. The number of aryl methyl sites for hydroxylation is 2. The molecular weight excluding hydrogens is 234 g/mol. The Morgan fingerprint density at radius 1 is 1.35 bits per heavy atom. The largest absolute Gasteiger partial charge is 0.215 e. The van der Waals surface area contributed by atoms with Crippen molar-refractivity contribution in [2.24, 2.45) is 0 Å². The van der Waals surface area contributed by atoms with E-state index in [1.54, 1.807) is 4.68 Å². The lowest BCUT2D eigenvalue weighted by Gasteiger charge is -2.09. The van der Waals surface area contributed by atoms with Crippen LogP contribution in [0.5, 0.6) is 0 Å². The summed E-state index contributed by atoms with van der Waals surface area (Å²) in [6, 6.07) is 8.10. The number of hydrogen-bond donors (Lipinski definition) is 0. The highest BCUT2D eigenvalue weighted by molar-refractivity contribution is 7.99. The molecule has 2 rings (SSSR count). The lowest BCUT2D eigenvalue weighted by Crippen LogP contribution is -2.04. The number of rotatable bonds is 3. The molecule has 0 fully saturated rings. The molecule has 86 valence electrons. The number of nitriles is 1. The molecule has 0 radical (unpaired) electrons. The Labute approximate surface area is 103 Å². The Bertz CT molecular complexity index is 549. The first-order chi connectivity index (χ1) is 8.24. The smallest absolute Gasteiger partial charge is 0.197 e. The first-order valence-electron chi connectivity index (χ1n) is 5.08. The summed E-state index contributed by atoms with van der Waals surface area (Å²) in [5.74, 6) is 0.339. The zero-order chi connectivity index (χ0) is 12.3. The molecule has 0 bridgehead atoms. The number of aromatic nitrogens is 4. The Hall–Kier alpha value is -1.87. The second-order valence-corrected chi connectivity index (χ2v) is 4.50. The van der Waals surface area contributed by atoms with Gasteiger partial charge in [-0.15, -0.1) is 5.10 Å². The van der Waals surface area contributed by atoms with E-state index in [4.69, 9.17) is 5.26 Å². The fraction of sp³-hybridized carbons (Fsp3) is 0.273. The predicted octanol–water partition coefficient (Wildman–Crippen LogP) is 1.89. The SMILES string of the molecule is Cc1cccc(C)c1-n1nnnc1SCC#N. The minimum atomic E-state index is 0.339. The van der Waals surface area contributed by atoms with E-state index in [1.807, 2.05) is 32.0 Å². The number of thioether (sulfide) groups is 1. The Morgan fingerprint density at radius 2 is 2.06 bits per heavy atom. The Morgan fingerprint density at radius 3 is 2.71 bits per heavy atom. The molecule has 0 aliphatic heterocycles. The van der Waals surface area contributed by atoms with Crippen LogP contribution in [-0.2, 0) is 0 Å². The van der Waals surface area contributed by atoms with Crippen molar-refractivity contribution < 1.29 is 0 Å². The summed E-state index contributed by atoms with van der Waals surface area (Å²) in [6.45, 7) is 4.03. The molecule has 0 saturated carbocycles. The van der Waals surface area contributed by atoms with Gasteiger partial charge in [0, 0.05) is 0 Å². The normalized spacial score (nSPS) is 10.2. The van der Waals surface area contributed by atoms with E-state index in [0.29, 0.717) is 10.9 Å². The van der Waals surface area contributed by atoms with Crippen LogP contribution < -0.4 is 0 Å². The van der Waals surface area contributed by atoms with Crippen molar-refractivity contribution in [1.82, 2.24) is 20.2 Å². The van der Waals surface area contributed by atoms with E-state index in [9.17, 15) is 0 Å². The zero-order valence-electron chi connectivity index (χ0n) is 9.58. The van der Waals surface area contributed by atoms with E-state index in [1.165, 1.54) is 11.8 Å². The third-order valence-corrected chi connectivity index (χ3v) is 3.14. The topological polar surface area (TPSA) is 67.4 Å². The molecule has 6 heteroatoms. The van der Waals surface area contributed by atoms with Gasteiger partial charge < -0.3 is 0 Å². The van der Waals surface area contributed by atoms with Crippen molar-refractivity contribution in [3.63, 3.8) is 0 Å². The van der Waals surface area contributed by atoms with Crippen LogP contribution in [0.3, 0.4) is 0 Å². The molecule has 1 aromatic carbocycles. The van der Waals surface area contributed by atoms with Gasteiger partial charge in [-0.3, -0.25) is 0 Å². The van der Waals surface area contributed by atoms with Crippen LogP contribution in [0.25, 0.3) is 5.69 Å². The Balaban J connectivity index is 2.47. The highest BCUT2D eigenvalue weighted by atomic mass is 32.2. The summed E-state index contributed by atoms with van der Waals surface area (Å²) < 4.78 is 1.69. The van der Waals surface area contributed by atoms with Crippen LogP contribution >= 0.6 is 11.8 Å².